The first-order valence-corrected chi connectivity index (χ1v) is 7.78. The Morgan fingerprint density at radius 3 is 2.70 bits per heavy atom. The Hall–Kier alpha value is -1.34. The molecule has 20 heavy (non-hydrogen) atoms. The van der Waals surface area contributed by atoms with E-state index in [4.69, 9.17) is 5.73 Å². The van der Waals surface area contributed by atoms with Crippen molar-refractivity contribution >= 4 is 49.0 Å². The number of aromatic nitrogens is 4. The van der Waals surface area contributed by atoms with E-state index < -0.39 is 0 Å². The Morgan fingerprint density at radius 1 is 1.30 bits per heavy atom. The Kier molecular flexibility index (Phi) is 3.33. The summed E-state index contributed by atoms with van der Waals surface area (Å²) < 4.78 is 5.79. The van der Waals surface area contributed by atoms with Crippen LogP contribution in [0.2, 0.25) is 0 Å². The van der Waals surface area contributed by atoms with Crippen LogP contribution in [0, 0.1) is 6.92 Å². The van der Waals surface area contributed by atoms with Crippen molar-refractivity contribution in [2.45, 2.75) is 20.4 Å². The Bertz CT molecular complexity index is 803. The Labute approximate surface area is 133 Å². The minimum Gasteiger partial charge on any atom is -0.369 e. The standard InChI is InChI=1S/C13H13Br2N5/c1-3-19-12-11(7(2)18-19)17-13(16)20(12)10-5-4-8(14)6-9(10)15/h4-6H,3H2,1-2H3,(H2,16,17). The normalized spacial score (nSPS) is 11.4. The lowest BCUT2D eigenvalue weighted by Crippen LogP contribution is -2.07. The lowest BCUT2D eigenvalue weighted by atomic mass is 10.3. The van der Waals surface area contributed by atoms with Gasteiger partial charge in [0.15, 0.2) is 5.65 Å². The third kappa shape index (κ3) is 1.96. The molecule has 0 saturated carbocycles. The molecule has 7 heteroatoms. The minimum atomic E-state index is 0.464. The van der Waals surface area contributed by atoms with Gasteiger partial charge in [0.1, 0.15) is 5.52 Å². The number of halogens is 2. The molecule has 1 aromatic carbocycles. The molecule has 0 saturated heterocycles. The third-order valence-electron chi connectivity index (χ3n) is 3.19. The average molecular weight is 399 g/mol. The molecule has 0 spiro atoms. The van der Waals surface area contributed by atoms with Gasteiger partial charge in [0, 0.05) is 15.5 Å². The van der Waals surface area contributed by atoms with E-state index in [2.05, 4.69) is 48.9 Å². The second kappa shape index (κ2) is 4.89. The van der Waals surface area contributed by atoms with Crippen LogP contribution in [0.25, 0.3) is 16.9 Å². The molecule has 3 aromatic rings. The molecule has 0 atom stereocenters. The summed E-state index contributed by atoms with van der Waals surface area (Å²) in [6.45, 7) is 4.77. The number of imidazole rings is 1. The highest BCUT2D eigenvalue weighted by molar-refractivity contribution is 9.11. The predicted molar refractivity (Wildman–Crippen MR) is 87.1 cm³/mol. The number of benzene rings is 1. The molecule has 0 fully saturated rings. The zero-order valence-corrected chi connectivity index (χ0v) is 14.2. The summed E-state index contributed by atoms with van der Waals surface area (Å²) in [5, 5.41) is 4.50. The van der Waals surface area contributed by atoms with Gasteiger partial charge in [-0.3, -0.25) is 4.57 Å². The van der Waals surface area contributed by atoms with Gasteiger partial charge in [-0.15, -0.1) is 0 Å². The highest BCUT2D eigenvalue weighted by Gasteiger charge is 2.19. The van der Waals surface area contributed by atoms with Gasteiger partial charge < -0.3 is 5.73 Å². The maximum Gasteiger partial charge on any atom is 0.207 e. The number of anilines is 1. The van der Waals surface area contributed by atoms with Gasteiger partial charge in [0.05, 0.1) is 11.4 Å². The number of rotatable bonds is 2. The maximum absolute atomic E-state index is 6.11. The van der Waals surface area contributed by atoms with Crippen molar-refractivity contribution in [3.05, 3.63) is 32.8 Å². The molecule has 104 valence electrons. The number of nitrogens with two attached hydrogens (primary N) is 1. The highest BCUT2D eigenvalue weighted by atomic mass is 79.9. The van der Waals surface area contributed by atoms with Crippen molar-refractivity contribution in [1.29, 1.82) is 0 Å². The topological polar surface area (TPSA) is 61.7 Å². The summed E-state index contributed by atoms with van der Waals surface area (Å²) in [5.41, 5.74) is 9.71. The van der Waals surface area contributed by atoms with Gasteiger partial charge in [-0.2, -0.15) is 5.10 Å². The summed E-state index contributed by atoms with van der Waals surface area (Å²) in [6, 6.07) is 5.96. The van der Waals surface area contributed by atoms with Gasteiger partial charge in [0.2, 0.25) is 5.95 Å². The van der Waals surface area contributed by atoms with Gasteiger partial charge >= 0.3 is 0 Å². The van der Waals surface area contributed by atoms with Gasteiger partial charge in [0.25, 0.3) is 0 Å². The van der Waals surface area contributed by atoms with Crippen molar-refractivity contribution in [1.82, 2.24) is 19.3 Å². The van der Waals surface area contributed by atoms with Gasteiger partial charge in [-0.05, 0) is 48.0 Å². The second-order valence-electron chi connectivity index (χ2n) is 4.47. The number of nitrogens with zero attached hydrogens (tertiary/aromatic N) is 4. The lowest BCUT2D eigenvalue weighted by molar-refractivity contribution is 0.663. The van der Waals surface area contributed by atoms with Crippen molar-refractivity contribution in [2.24, 2.45) is 0 Å². The molecule has 0 amide bonds. The Morgan fingerprint density at radius 2 is 2.05 bits per heavy atom. The number of nitrogen functional groups attached to an aromatic ring is 1. The summed E-state index contributed by atoms with van der Waals surface area (Å²) in [5.74, 6) is 0.464. The molecule has 5 nitrogen and oxygen atoms in total. The average Bonchev–Trinajstić information content (AvgIpc) is 2.88. The van der Waals surface area contributed by atoms with Crippen LogP contribution in [0.5, 0.6) is 0 Å². The van der Waals surface area contributed by atoms with Crippen LogP contribution in [-0.2, 0) is 6.54 Å². The fourth-order valence-corrected chi connectivity index (χ4v) is 3.53. The highest BCUT2D eigenvalue weighted by Crippen LogP contribution is 2.31. The maximum atomic E-state index is 6.11. The largest absolute Gasteiger partial charge is 0.369 e. The van der Waals surface area contributed by atoms with E-state index >= 15 is 0 Å². The smallest absolute Gasteiger partial charge is 0.207 e. The molecule has 0 radical (unpaired) electrons. The number of hydrogen-bond donors (Lipinski definition) is 1. The molecule has 3 rings (SSSR count). The molecular formula is C13H13Br2N5. The summed E-state index contributed by atoms with van der Waals surface area (Å²) in [6.07, 6.45) is 0. The monoisotopic (exact) mass is 397 g/mol. The first-order chi connectivity index (χ1) is 9.52. The van der Waals surface area contributed by atoms with Crippen LogP contribution in [-0.4, -0.2) is 19.3 Å². The fraction of sp³-hybridized carbons (Fsp3) is 0.231. The van der Waals surface area contributed by atoms with E-state index in [1.54, 1.807) is 0 Å². The molecule has 0 aliphatic carbocycles. The van der Waals surface area contributed by atoms with E-state index in [0.29, 0.717) is 5.95 Å². The third-order valence-corrected chi connectivity index (χ3v) is 4.32. The zero-order chi connectivity index (χ0) is 14.4. The van der Waals surface area contributed by atoms with Crippen molar-refractivity contribution in [2.75, 3.05) is 5.73 Å². The number of fused-ring (bicyclic) bond motifs is 1. The molecule has 2 N–H and O–H groups in total. The van der Waals surface area contributed by atoms with Crippen molar-refractivity contribution in [3.63, 3.8) is 0 Å². The molecular weight excluding hydrogens is 386 g/mol. The van der Waals surface area contributed by atoms with Crippen LogP contribution in [0.15, 0.2) is 27.1 Å². The molecule has 0 unspecified atom stereocenters. The molecule has 0 aliphatic rings. The van der Waals surface area contributed by atoms with E-state index in [-0.39, 0.29) is 0 Å². The predicted octanol–water partition coefficient (Wildman–Crippen LogP) is 3.66. The van der Waals surface area contributed by atoms with Crippen LogP contribution in [0.3, 0.4) is 0 Å². The minimum absolute atomic E-state index is 0.464. The molecule has 0 aliphatic heterocycles. The fourth-order valence-electron chi connectivity index (χ4n) is 2.31. The Balaban J connectivity index is 2.38. The summed E-state index contributed by atoms with van der Waals surface area (Å²) >= 11 is 7.03. The van der Waals surface area contributed by atoms with Crippen LogP contribution in [0.1, 0.15) is 12.6 Å². The van der Waals surface area contributed by atoms with Gasteiger partial charge in [-0.1, -0.05) is 15.9 Å². The van der Waals surface area contributed by atoms with E-state index in [1.165, 1.54) is 0 Å². The first-order valence-electron chi connectivity index (χ1n) is 6.19. The van der Waals surface area contributed by atoms with Crippen molar-refractivity contribution < 1.29 is 0 Å². The summed E-state index contributed by atoms with van der Waals surface area (Å²) in [4.78, 5) is 4.45. The van der Waals surface area contributed by atoms with Crippen LogP contribution >= 0.6 is 31.9 Å². The lowest BCUT2D eigenvalue weighted by Gasteiger charge is -2.10. The van der Waals surface area contributed by atoms with Gasteiger partial charge in [-0.25, -0.2) is 9.67 Å². The SMILES string of the molecule is CCn1nc(C)c2nc(N)n(-c3ccc(Br)cc3Br)c21. The molecule has 2 heterocycles. The van der Waals surface area contributed by atoms with Crippen molar-refractivity contribution in [3.8, 4) is 5.69 Å². The van der Waals surface area contributed by atoms with Crippen LogP contribution in [0.4, 0.5) is 5.95 Å². The van der Waals surface area contributed by atoms with E-state index in [9.17, 15) is 0 Å². The zero-order valence-electron chi connectivity index (χ0n) is 11.1. The van der Waals surface area contributed by atoms with E-state index in [0.717, 1.165) is 38.0 Å². The second-order valence-corrected chi connectivity index (χ2v) is 6.24. The van der Waals surface area contributed by atoms with Crippen LogP contribution < -0.4 is 5.73 Å². The number of aryl methyl sites for hydroxylation is 2. The molecule has 2 aromatic heterocycles. The number of hydrogen-bond acceptors (Lipinski definition) is 3. The molecule has 0 bridgehead atoms. The van der Waals surface area contributed by atoms with E-state index in [1.807, 2.05) is 34.4 Å². The first kappa shape index (κ1) is 13.6. The summed E-state index contributed by atoms with van der Waals surface area (Å²) in [7, 11) is 0. The quantitative estimate of drug-likeness (QED) is 0.716.